The van der Waals surface area contributed by atoms with E-state index >= 15 is 0 Å². The van der Waals surface area contributed by atoms with Crippen molar-refractivity contribution in [3.8, 4) is 5.75 Å². The van der Waals surface area contributed by atoms with Gasteiger partial charge in [-0.05, 0) is 52.4 Å². The van der Waals surface area contributed by atoms with Crippen LogP contribution in [0.4, 0.5) is 5.69 Å². The molecule has 25 heavy (non-hydrogen) atoms. The van der Waals surface area contributed by atoms with E-state index in [4.69, 9.17) is 16.3 Å². The van der Waals surface area contributed by atoms with Crippen molar-refractivity contribution in [2.45, 2.75) is 6.54 Å². The van der Waals surface area contributed by atoms with Gasteiger partial charge < -0.3 is 10.1 Å². The maximum atomic E-state index is 12.6. The number of ether oxygens (including phenoxy) is 1. The van der Waals surface area contributed by atoms with Crippen LogP contribution < -0.4 is 10.1 Å². The molecule has 0 aliphatic rings. The topological polar surface area (TPSA) is 69.0 Å². The summed E-state index contributed by atoms with van der Waals surface area (Å²) in [4.78, 5) is 16.5. The van der Waals surface area contributed by atoms with Gasteiger partial charge in [-0.2, -0.15) is 5.10 Å². The van der Waals surface area contributed by atoms with E-state index in [0.29, 0.717) is 28.6 Å². The summed E-state index contributed by atoms with van der Waals surface area (Å²) in [5, 5.41) is 7.46. The van der Waals surface area contributed by atoms with Gasteiger partial charge in [0.05, 0.1) is 24.2 Å². The molecule has 0 radical (unpaired) electrons. The Balaban J connectivity index is 1.80. The second-order valence-corrected chi connectivity index (χ2v) is 6.78. The number of methoxy groups -OCH3 is 1. The highest BCUT2D eigenvalue weighted by molar-refractivity contribution is 14.1. The summed E-state index contributed by atoms with van der Waals surface area (Å²) in [5.74, 6) is 0.193. The molecule has 3 rings (SSSR count). The van der Waals surface area contributed by atoms with Crippen molar-refractivity contribution in [3.05, 3.63) is 68.8 Å². The molecule has 6 nitrogen and oxygen atoms in total. The van der Waals surface area contributed by atoms with Gasteiger partial charge in [0.1, 0.15) is 18.4 Å². The van der Waals surface area contributed by atoms with Crippen LogP contribution in [0.3, 0.4) is 0 Å². The Bertz CT molecular complexity index is 900. The molecule has 128 valence electrons. The summed E-state index contributed by atoms with van der Waals surface area (Å²) in [6, 6.07) is 10.9. The molecule has 1 N–H and O–H groups in total. The van der Waals surface area contributed by atoms with Crippen molar-refractivity contribution in [2.75, 3.05) is 12.4 Å². The molecule has 2 aromatic carbocycles. The lowest BCUT2D eigenvalue weighted by atomic mass is 10.1. The number of nitrogens with zero attached hydrogens (tertiary/aromatic N) is 3. The Morgan fingerprint density at radius 3 is 2.92 bits per heavy atom. The van der Waals surface area contributed by atoms with Gasteiger partial charge in [-0.15, -0.1) is 0 Å². The zero-order valence-corrected chi connectivity index (χ0v) is 16.2. The van der Waals surface area contributed by atoms with E-state index in [1.165, 1.54) is 13.4 Å². The van der Waals surface area contributed by atoms with Crippen LogP contribution in [0.1, 0.15) is 15.9 Å². The Morgan fingerprint density at radius 2 is 2.20 bits per heavy atom. The van der Waals surface area contributed by atoms with Crippen molar-refractivity contribution >= 4 is 45.8 Å². The fourth-order valence-electron chi connectivity index (χ4n) is 2.32. The number of halogens is 2. The molecule has 0 spiro atoms. The van der Waals surface area contributed by atoms with Gasteiger partial charge in [0.2, 0.25) is 0 Å². The molecule has 8 heteroatoms. The number of rotatable bonds is 5. The molecule has 0 unspecified atom stereocenters. The average Bonchev–Trinajstić information content (AvgIpc) is 3.10. The number of nitrogens with one attached hydrogen (secondary N) is 1. The molecule has 0 bridgehead atoms. The monoisotopic (exact) mass is 468 g/mol. The first kappa shape index (κ1) is 17.7. The summed E-state index contributed by atoms with van der Waals surface area (Å²) < 4.78 is 7.82. The van der Waals surface area contributed by atoms with E-state index in [1.54, 1.807) is 23.1 Å². The first-order valence-electron chi connectivity index (χ1n) is 7.32. The van der Waals surface area contributed by atoms with E-state index in [0.717, 1.165) is 9.13 Å². The van der Waals surface area contributed by atoms with Gasteiger partial charge in [-0.1, -0.05) is 23.7 Å². The van der Waals surface area contributed by atoms with Crippen molar-refractivity contribution < 1.29 is 9.53 Å². The van der Waals surface area contributed by atoms with E-state index < -0.39 is 0 Å². The zero-order chi connectivity index (χ0) is 17.8. The van der Waals surface area contributed by atoms with Crippen LogP contribution in [-0.2, 0) is 6.54 Å². The normalized spacial score (nSPS) is 10.5. The summed E-state index contributed by atoms with van der Waals surface area (Å²) in [5.41, 5.74) is 2.06. The largest absolute Gasteiger partial charge is 0.496 e. The SMILES string of the molecule is COc1cc(I)c(Cl)cc1C(=O)Nc1cccc(Cn2cncn2)c1. The average molecular weight is 469 g/mol. The highest BCUT2D eigenvalue weighted by Gasteiger charge is 2.15. The van der Waals surface area contributed by atoms with Crippen molar-refractivity contribution in [1.29, 1.82) is 0 Å². The Kier molecular flexibility index (Phi) is 5.54. The molecular weight excluding hydrogens is 455 g/mol. The smallest absolute Gasteiger partial charge is 0.259 e. The summed E-state index contributed by atoms with van der Waals surface area (Å²) in [7, 11) is 1.52. The molecule has 1 heterocycles. The Morgan fingerprint density at radius 1 is 1.36 bits per heavy atom. The fraction of sp³-hybridized carbons (Fsp3) is 0.118. The van der Waals surface area contributed by atoms with Gasteiger partial charge in [-0.25, -0.2) is 9.67 Å². The third-order valence-corrected chi connectivity index (χ3v) is 5.01. The second-order valence-electron chi connectivity index (χ2n) is 5.21. The zero-order valence-electron chi connectivity index (χ0n) is 13.2. The number of aromatic nitrogens is 3. The molecule has 1 aromatic heterocycles. The van der Waals surface area contributed by atoms with Crippen LogP contribution in [0.25, 0.3) is 0 Å². The van der Waals surface area contributed by atoms with E-state index in [9.17, 15) is 4.79 Å². The lowest BCUT2D eigenvalue weighted by molar-refractivity contribution is 0.102. The van der Waals surface area contributed by atoms with Gasteiger partial charge in [0, 0.05) is 9.26 Å². The number of benzene rings is 2. The molecule has 0 atom stereocenters. The third-order valence-electron chi connectivity index (χ3n) is 3.48. The molecule has 3 aromatic rings. The van der Waals surface area contributed by atoms with Crippen molar-refractivity contribution in [3.63, 3.8) is 0 Å². The minimum absolute atomic E-state index is 0.284. The predicted octanol–water partition coefficient (Wildman–Crippen LogP) is 3.85. The fourth-order valence-corrected chi connectivity index (χ4v) is 2.92. The standard InChI is InChI=1S/C17H14ClIN4O2/c1-25-16-7-15(19)14(18)6-13(16)17(24)22-12-4-2-3-11(5-12)8-23-10-20-9-21-23/h2-7,9-10H,8H2,1H3,(H,22,24). The molecule has 0 fully saturated rings. The van der Waals surface area contributed by atoms with Crippen LogP contribution in [0.5, 0.6) is 5.75 Å². The van der Waals surface area contributed by atoms with Crippen LogP contribution in [0.2, 0.25) is 5.02 Å². The molecule has 0 saturated heterocycles. The van der Waals surface area contributed by atoms with E-state index in [1.807, 2.05) is 24.3 Å². The highest BCUT2D eigenvalue weighted by atomic mass is 127. The van der Waals surface area contributed by atoms with Crippen molar-refractivity contribution in [2.24, 2.45) is 0 Å². The number of amides is 1. The maximum Gasteiger partial charge on any atom is 0.259 e. The lowest BCUT2D eigenvalue weighted by Gasteiger charge is -2.12. The quantitative estimate of drug-likeness (QED) is 0.578. The van der Waals surface area contributed by atoms with E-state index in [-0.39, 0.29) is 5.91 Å². The Labute approximate surface area is 163 Å². The first-order valence-corrected chi connectivity index (χ1v) is 8.78. The number of hydrogen-bond acceptors (Lipinski definition) is 4. The number of carbonyl (C=O) groups is 1. The predicted molar refractivity (Wildman–Crippen MR) is 104 cm³/mol. The maximum absolute atomic E-state index is 12.6. The lowest BCUT2D eigenvalue weighted by Crippen LogP contribution is -2.14. The van der Waals surface area contributed by atoms with Gasteiger partial charge in [-0.3, -0.25) is 4.79 Å². The number of hydrogen-bond donors (Lipinski definition) is 1. The first-order chi connectivity index (χ1) is 12.1. The number of anilines is 1. The molecule has 0 saturated carbocycles. The van der Waals surface area contributed by atoms with Crippen LogP contribution in [-0.4, -0.2) is 27.8 Å². The van der Waals surface area contributed by atoms with Crippen molar-refractivity contribution in [1.82, 2.24) is 14.8 Å². The molecule has 1 amide bonds. The van der Waals surface area contributed by atoms with Gasteiger partial charge in [0.25, 0.3) is 5.91 Å². The second kappa shape index (κ2) is 7.83. The van der Waals surface area contributed by atoms with Crippen LogP contribution in [0, 0.1) is 3.57 Å². The number of carbonyl (C=O) groups excluding carboxylic acids is 1. The van der Waals surface area contributed by atoms with Crippen LogP contribution in [0.15, 0.2) is 49.1 Å². The van der Waals surface area contributed by atoms with Crippen LogP contribution >= 0.6 is 34.2 Å². The summed E-state index contributed by atoms with van der Waals surface area (Å²) >= 11 is 8.23. The Hall–Kier alpha value is -2.13. The van der Waals surface area contributed by atoms with Gasteiger partial charge >= 0.3 is 0 Å². The highest BCUT2D eigenvalue weighted by Crippen LogP contribution is 2.29. The summed E-state index contributed by atoms with van der Waals surface area (Å²) in [6.07, 6.45) is 3.13. The third kappa shape index (κ3) is 4.29. The van der Waals surface area contributed by atoms with E-state index in [2.05, 4.69) is 38.0 Å². The minimum Gasteiger partial charge on any atom is -0.496 e. The molecular formula is C17H14ClIN4O2. The molecule has 0 aliphatic heterocycles. The molecule has 0 aliphatic carbocycles. The summed E-state index contributed by atoms with van der Waals surface area (Å²) in [6.45, 7) is 0.572. The minimum atomic E-state index is -0.284. The van der Waals surface area contributed by atoms with Gasteiger partial charge in [0.15, 0.2) is 0 Å².